The van der Waals surface area contributed by atoms with Crippen LogP contribution in [0.3, 0.4) is 0 Å². The Morgan fingerprint density at radius 3 is 2.22 bits per heavy atom. The Balaban J connectivity index is 1.37. The first-order valence-electron chi connectivity index (χ1n) is 13.3. The quantitative estimate of drug-likeness (QED) is 0.398. The van der Waals surface area contributed by atoms with Gasteiger partial charge in [0.15, 0.2) is 5.71 Å². The Morgan fingerprint density at radius 2 is 1.51 bits per heavy atom. The number of likely N-dealkylation sites (N-methyl/N-ethyl adjacent to an activating group) is 1. The maximum absolute atomic E-state index is 5.89. The molecule has 2 aliphatic heterocycles. The molecule has 190 valence electrons. The van der Waals surface area contributed by atoms with Gasteiger partial charge >= 0.3 is 0 Å². The molecule has 37 heavy (non-hydrogen) atoms. The van der Waals surface area contributed by atoms with Crippen LogP contribution in [0.15, 0.2) is 108 Å². The number of fused-ring (bicyclic) bond motifs is 2. The summed E-state index contributed by atoms with van der Waals surface area (Å²) in [5.41, 5.74) is 10.4. The zero-order valence-corrected chi connectivity index (χ0v) is 23.3. The van der Waals surface area contributed by atoms with Crippen molar-refractivity contribution in [1.82, 2.24) is 0 Å². The van der Waals surface area contributed by atoms with Gasteiger partial charge in [0.1, 0.15) is 12.8 Å². The van der Waals surface area contributed by atoms with E-state index in [0.717, 1.165) is 18.6 Å². The van der Waals surface area contributed by atoms with Crippen molar-refractivity contribution in [3.05, 3.63) is 119 Å². The lowest BCUT2D eigenvalue weighted by atomic mass is 9.81. The van der Waals surface area contributed by atoms with Crippen molar-refractivity contribution in [1.29, 1.82) is 0 Å². The van der Waals surface area contributed by atoms with E-state index in [2.05, 4.69) is 136 Å². The van der Waals surface area contributed by atoms with Crippen LogP contribution in [-0.4, -0.2) is 31.5 Å². The van der Waals surface area contributed by atoms with Gasteiger partial charge in [-0.25, -0.2) is 0 Å². The largest absolute Gasteiger partial charge is 0.496 e. The maximum Gasteiger partial charge on any atom is 0.209 e. The normalized spacial score (nSPS) is 22.3. The molecule has 0 saturated carbocycles. The van der Waals surface area contributed by atoms with E-state index in [1.807, 2.05) is 0 Å². The molecule has 0 atom stereocenters. The molecule has 0 fully saturated rings. The average molecular weight is 492 g/mol. The van der Waals surface area contributed by atoms with Crippen LogP contribution in [0.25, 0.3) is 0 Å². The number of anilines is 1. The topological polar surface area (TPSA) is 15.5 Å². The molecule has 3 aliphatic rings. The molecular weight excluding hydrogens is 452 g/mol. The fraction of sp³-hybridized carbons (Fsp3) is 0.324. The lowest BCUT2D eigenvalue weighted by molar-refractivity contribution is -0.401. The number of hydrogen-bond acceptors (Lipinski definition) is 2. The van der Waals surface area contributed by atoms with Gasteiger partial charge in [0.2, 0.25) is 5.69 Å². The first-order valence-corrected chi connectivity index (χ1v) is 13.3. The Hall–Kier alpha value is -3.59. The molecule has 0 unspecified atom stereocenters. The van der Waals surface area contributed by atoms with Gasteiger partial charge in [0, 0.05) is 41.6 Å². The Bertz CT molecular complexity index is 1430. The van der Waals surface area contributed by atoms with Crippen molar-refractivity contribution in [2.45, 2.75) is 51.4 Å². The molecule has 0 spiro atoms. The number of ether oxygens (including phenoxy) is 1. The number of para-hydroxylation sites is 2. The number of methoxy groups -OCH3 is 1. The molecule has 3 heteroatoms. The summed E-state index contributed by atoms with van der Waals surface area (Å²) in [6.45, 7) is 9.21. The lowest BCUT2D eigenvalue weighted by Crippen LogP contribution is -2.26. The fourth-order valence-electron chi connectivity index (χ4n) is 6.38. The molecule has 2 aromatic carbocycles. The van der Waals surface area contributed by atoms with Gasteiger partial charge in [-0.15, -0.1) is 0 Å². The number of nitrogens with zero attached hydrogens (tertiary/aromatic N) is 2. The summed E-state index contributed by atoms with van der Waals surface area (Å²) in [4.78, 5) is 2.31. The van der Waals surface area contributed by atoms with Crippen LogP contribution in [0.2, 0.25) is 0 Å². The highest BCUT2D eigenvalue weighted by Gasteiger charge is 2.42. The second kappa shape index (κ2) is 9.37. The van der Waals surface area contributed by atoms with Gasteiger partial charge in [-0.05, 0) is 61.6 Å². The van der Waals surface area contributed by atoms with Crippen LogP contribution >= 0.6 is 0 Å². The molecule has 1 aliphatic carbocycles. The minimum absolute atomic E-state index is 0.00968. The van der Waals surface area contributed by atoms with Crippen LogP contribution < -0.4 is 4.90 Å². The summed E-state index contributed by atoms with van der Waals surface area (Å²) in [6.07, 6.45) is 15.3. The van der Waals surface area contributed by atoms with E-state index in [4.69, 9.17) is 4.74 Å². The minimum Gasteiger partial charge on any atom is -0.496 e. The minimum atomic E-state index is -0.0238. The van der Waals surface area contributed by atoms with E-state index >= 15 is 0 Å². The second-order valence-electron chi connectivity index (χ2n) is 11.3. The summed E-state index contributed by atoms with van der Waals surface area (Å²) in [5, 5.41) is 0. The standard InChI is InChI=1S/C34H39N2O/c1-33(2)26-15-9-11-17-28(26)35(5)30(33)19-13-8-14-24-20-21-25(32(24)37-7)22-23-31-34(3,4)27-16-10-12-18-29(27)36(31)6/h8-19,22-23H,20-21H2,1-7H3/q+1. The van der Waals surface area contributed by atoms with Crippen LogP contribution in [0.4, 0.5) is 11.4 Å². The van der Waals surface area contributed by atoms with E-state index in [1.54, 1.807) is 7.11 Å². The summed E-state index contributed by atoms with van der Waals surface area (Å²) in [7, 11) is 6.11. The molecule has 0 bridgehead atoms. The highest BCUT2D eigenvalue weighted by molar-refractivity contribution is 6.03. The zero-order chi connectivity index (χ0) is 26.4. The second-order valence-corrected chi connectivity index (χ2v) is 11.3. The summed E-state index contributed by atoms with van der Waals surface area (Å²) >= 11 is 0. The molecule has 0 amide bonds. The Morgan fingerprint density at radius 1 is 0.838 bits per heavy atom. The van der Waals surface area contributed by atoms with Crippen molar-refractivity contribution in [3.8, 4) is 0 Å². The summed E-state index contributed by atoms with van der Waals surface area (Å²) in [6, 6.07) is 17.4. The van der Waals surface area contributed by atoms with E-state index in [9.17, 15) is 0 Å². The number of rotatable bonds is 5. The van der Waals surface area contributed by atoms with Crippen LogP contribution in [0.1, 0.15) is 51.7 Å². The molecule has 2 aromatic rings. The van der Waals surface area contributed by atoms with Crippen molar-refractivity contribution in [3.63, 3.8) is 0 Å². The average Bonchev–Trinajstić information content (AvgIpc) is 3.43. The summed E-state index contributed by atoms with van der Waals surface area (Å²) in [5.74, 6) is 1.01. The molecule has 5 rings (SSSR count). The molecule has 0 saturated heterocycles. The smallest absolute Gasteiger partial charge is 0.209 e. The van der Waals surface area contributed by atoms with Crippen molar-refractivity contribution >= 4 is 17.1 Å². The van der Waals surface area contributed by atoms with Crippen LogP contribution in [0.5, 0.6) is 0 Å². The van der Waals surface area contributed by atoms with Gasteiger partial charge in [-0.1, -0.05) is 68.5 Å². The molecule has 2 heterocycles. The predicted octanol–water partition coefficient (Wildman–Crippen LogP) is 7.74. The van der Waals surface area contributed by atoms with E-state index in [-0.39, 0.29) is 10.8 Å². The molecule has 3 nitrogen and oxygen atoms in total. The zero-order valence-electron chi connectivity index (χ0n) is 23.3. The Kier molecular flexibility index (Phi) is 6.35. The predicted molar refractivity (Wildman–Crippen MR) is 156 cm³/mol. The van der Waals surface area contributed by atoms with E-state index in [0.29, 0.717) is 0 Å². The van der Waals surface area contributed by atoms with E-state index in [1.165, 1.54) is 45.1 Å². The fourth-order valence-corrected chi connectivity index (χ4v) is 6.38. The Labute approximate surface area is 222 Å². The highest BCUT2D eigenvalue weighted by atomic mass is 16.5. The maximum atomic E-state index is 5.89. The van der Waals surface area contributed by atoms with Gasteiger partial charge in [-0.3, -0.25) is 0 Å². The van der Waals surface area contributed by atoms with Crippen LogP contribution in [0, 0.1) is 0 Å². The highest BCUT2D eigenvalue weighted by Crippen LogP contribution is 2.46. The molecular formula is C34H39N2O+. The third-order valence-electron chi connectivity index (χ3n) is 8.44. The molecule has 0 aromatic heterocycles. The van der Waals surface area contributed by atoms with Crippen molar-refractivity contribution in [2.24, 2.45) is 0 Å². The summed E-state index contributed by atoms with van der Waals surface area (Å²) < 4.78 is 8.21. The third-order valence-corrected chi connectivity index (χ3v) is 8.44. The molecule has 0 radical (unpaired) electrons. The van der Waals surface area contributed by atoms with Gasteiger partial charge < -0.3 is 9.64 Å². The van der Waals surface area contributed by atoms with Crippen molar-refractivity contribution in [2.75, 3.05) is 26.1 Å². The van der Waals surface area contributed by atoms with Gasteiger partial charge in [0.25, 0.3) is 0 Å². The molecule has 0 N–H and O–H groups in total. The monoisotopic (exact) mass is 491 g/mol. The SMILES string of the molecule is COC1=C(/C=C/C2=[N+](C)c3ccccc3C2(C)C)CC/C1=C/C=C/C=C1/N(C)c2ccccc2C1(C)C. The number of hydrogen-bond donors (Lipinski definition) is 0. The first-order chi connectivity index (χ1) is 17.7. The number of benzene rings is 2. The van der Waals surface area contributed by atoms with Crippen molar-refractivity contribution < 1.29 is 9.31 Å². The third kappa shape index (κ3) is 4.11. The lowest BCUT2D eigenvalue weighted by Gasteiger charge is -2.23. The first kappa shape index (κ1) is 25.1. The van der Waals surface area contributed by atoms with Gasteiger partial charge in [0.05, 0.1) is 12.5 Å². The van der Waals surface area contributed by atoms with Crippen LogP contribution in [-0.2, 0) is 15.6 Å². The van der Waals surface area contributed by atoms with Gasteiger partial charge in [-0.2, -0.15) is 4.58 Å². The number of allylic oxidation sites excluding steroid dienone is 9. The van der Waals surface area contributed by atoms with E-state index < -0.39 is 0 Å².